The van der Waals surface area contributed by atoms with Gasteiger partial charge in [-0.05, 0) is 0 Å². The quantitative estimate of drug-likeness (QED) is 0.239. The topological polar surface area (TPSA) is 371 Å². The van der Waals surface area contributed by atoms with Crippen LogP contribution in [-0.4, -0.2) is 0 Å². The van der Waals surface area contributed by atoms with Crippen molar-refractivity contribution in [3.05, 3.63) is 0 Å². The van der Waals surface area contributed by atoms with E-state index in [0.717, 1.165) is 0 Å². The van der Waals surface area contributed by atoms with Crippen LogP contribution < -0.4 is 24.9 Å². The van der Waals surface area contributed by atoms with Crippen LogP contribution in [0.4, 0.5) is 0 Å². The Kier molecular flexibility index (Phi) is 23.3. The zero-order valence-corrected chi connectivity index (χ0v) is 26.0. The molecule has 0 heterocycles. The van der Waals surface area contributed by atoms with E-state index in [-0.39, 0.29) is 83.5 Å². The Bertz CT molecular complexity index is 854. The normalized spacial score (nSPS) is 12.6. The van der Waals surface area contributed by atoms with E-state index in [1.54, 1.807) is 0 Å². The molecule has 21 nitrogen and oxygen atoms in total. The van der Waals surface area contributed by atoms with Crippen LogP contribution in [0.25, 0.3) is 0 Å². The van der Waals surface area contributed by atoms with Crippen molar-refractivity contribution in [1.82, 2.24) is 0 Å². The van der Waals surface area contributed by atoms with Gasteiger partial charge in [0.15, 0.2) is 0 Å². The Morgan fingerprint density at radius 3 is 0.379 bits per heavy atom. The summed E-state index contributed by atoms with van der Waals surface area (Å²) in [4.78, 5) is 0. The van der Waals surface area contributed by atoms with E-state index < -0.39 is 81.7 Å². The Labute approximate surface area is 239 Å². The fourth-order valence-electron chi connectivity index (χ4n) is 0.306. The second kappa shape index (κ2) is 16.0. The molecular weight excluding hydrogens is 928 g/mol. The standard InChI is InChI=1S/2Ce.6Cr.21O/q2*+3;;;;;;;;;;;;;;;;;;;;;;6*-1. The first kappa shape index (κ1) is 42.4. The second-order valence-electron chi connectivity index (χ2n) is 2.65. The van der Waals surface area contributed by atoms with Crippen molar-refractivity contribution in [3.63, 3.8) is 0 Å². The van der Waals surface area contributed by atoms with Gasteiger partial charge in [-0.25, -0.2) is 0 Å². The predicted molar refractivity (Wildman–Crippen MR) is 11.5 cm³/mol. The molecule has 0 atom stereocenters. The summed E-state index contributed by atoms with van der Waals surface area (Å²) in [6.45, 7) is 0. The minimum atomic E-state index is -6.07. The third-order valence-corrected chi connectivity index (χ3v) is 8.50. The van der Waals surface area contributed by atoms with Crippen LogP contribution in [-0.2, 0) is 136 Å². The summed E-state index contributed by atoms with van der Waals surface area (Å²) in [5.74, 6) is 0. The van der Waals surface area contributed by atoms with Crippen LogP contribution in [0.1, 0.15) is 0 Å². The second-order valence-corrected chi connectivity index (χ2v) is 13.6. The van der Waals surface area contributed by atoms with Crippen LogP contribution >= 0.6 is 0 Å². The van der Waals surface area contributed by atoms with Gasteiger partial charge in [-0.3, -0.25) is 0 Å². The Morgan fingerprint density at radius 1 is 0.310 bits per heavy atom. The van der Waals surface area contributed by atoms with Crippen molar-refractivity contribution in [2.45, 2.75) is 0 Å². The SMILES string of the molecule is [Ce+3].[Ce+3].[O]=[Cr](=[O])([O-])[O][Cr](=[O])(=[O])[O-].[O]=[Cr](=[O])([O-])[O][Cr](=[O])(=[O])[O-].[O]=[Cr](=[O])([O-])[O][Cr](=[O])(=[O])[O-]. The summed E-state index contributed by atoms with van der Waals surface area (Å²) in [7, 11) is 0. The first-order chi connectivity index (χ1) is 11.1. The van der Waals surface area contributed by atoms with Gasteiger partial charge in [0.1, 0.15) is 0 Å². The van der Waals surface area contributed by atoms with Gasteiger partial charge in [-0.15, -0.1) is 0 Å². The van der Waals surface area contributed by atoms with Crippen LogP contribution in [0.2, 0.25) is 0 Å². The molecule has 29 heteroatoms. The number of hydrogen-bond donors (Lipinski definition) is 0. The van der Waals surface area contributed by atoms with Crippen LogP contribution in [0, 0.1) is 83.5 Å². The van der Waals surface area contributed by atoms with Gasteiger partial charge in [-0.2, -0.15) is 0 Å². The summed E-state index contributed by atoms with van der Waals surface area (Å²) in [5.41, 5.74) is 0. The molecule has 0 aliphatic heterocycles. The van der Waals surface area contributed by atoms with Gasteiger partial charge in [0.2, 0.25) is 0 Å². The number of rotatable bonds is 6. The molecule has 0 aromatic rings. The van der Waals surface area contributed by atoms with E-state index in [9.17, 15) is 70.6 Å². The third-order valence-electron chi connectivity index (χ3n) is 0.500. The number of hydrogen-bond acceptors (Lipinski definition) is 21. The maximum atomic E-state index is 9.38. The molecule has 170 valence electrons. The maximum absolute atomic E-state index is 9.38. The molecule has 0 aromatic carbocycles. The van der Waals surface area contributed by atoms with Gasteiger partial charge >= 0.3 is 244 Å². The van der Waals surface area contributed by atoms with Gasteiger partial charge in [0, 0.05) is 0 Å². The van der Waals surface area contributed by atoms with E-state index in [1.807, 2.05) is 0 Å². The van der Waals surface area contributed by atoms with Gasteiger partial charge in [-0.1, -0.05) is 0 Å². The first-order valence-electron chi connectivity index (χ1n) is 4.00. The molecule has 0 aliphatic carbocycles. The Hall–Kier alpha value is 3.19. The van der Waals surface area contributed by atoms with Crippen LogP contribution in [0.5, 0.6) is 0 Å². The monoisotopic (exact) mass is 927 g/mol. The summed E-state index contributed by atoms with van der Waals surface area (Å²) in [5, 5.41) is 0. The van der Waals surface area contributed by atoms with E-state index in [2.05, 4.69) is 8.52 Å². The summed E-state index contributed by atoms with van der Waals surface area (Å²) in [6.07, 6.45) is 0. The summed E-state index contributed by atoms with van der Waals surface area (Å²) < 4.78 is 177. The van der Waals surface area contributed by atoms with Crippen molar-refractivity contribution < 1.29 is 244 Å². The van der Waals surface area contributed by atoms with Crippen molar-refractivity contribution in [2.24, 2.45) is 0 Å². The van der Waals surface area contributed by atoms with Crippen molar-refractivity contribution >= 4 is 0 Å². The molecule has 0 bridgehead atoms. The molecule has 2 radical (unpaired) electrons. The molecule has 0 aromatic heterocycles. The van der Waals surface area contributed by atoms with Crippen molar-refractivity contribution in [2.75, 3.05) is 0 Å². The van der Waals surface area contributed by atoms with Crippen LogP contribution in [0.15, 0.2) is 0 Å². The Morgan fingerprint density at radius 2 is 0.379 bits per heavy atom. The molecule has 0 N–H and O–H groups in total. The zero-order valence-electron chi connectivity index (χ0n) is 12.0. The van der Waals surface area contributed by atoms with Crippen molar-refractivity contribution in [3.8, 4) is 0 Å². The van der Waals surface area contributed by atoms with E-state index in [1.165, 1.54) is 0 Å². The minimum absolute atomic E-state index is 0. The summed E-state index contributed by atoms with van der Waals surface area (Å²) >= 11 is -36.4. The van der Waals surface area contributed by atoms with Gasteiger partial charge < -0.3 is 0 Å². The molecule has 29 heavy (non-hydrogen) atoms. The first-order valence-corrected chi connectivity index (χ1v) is 16.5. The van der Waals surface area contributed by atoms with E-state index in [0.29, 0.717) is 0 Å². The van der Waals surface area contributed by atoms with Gasteiger partial charge in [0.25, 0.3) is 0 Å². The fourth-order valence-corrected chi connectivity index (χ4v) is 5.21. The van der Waals surface area contributed by atoms with Crippen LogP contribution in [0.3, 0.4) is 0 Å². The fraction of sp³-hybridized carbons (Fsp3) is 0. The summed E-state index contributed by atoms with van der Waals surface area (Å²) in [6, 6.07) is 0. The average Bonchev–Trinajstić information content (AvgIpc) is 1.96. The molecule has 0 saturated carbocycles. The molecule has 0 rings (SSSR count). The molecular formula is Ce2Cr6O21. The zero-order chi connectivity index (χ0) is 23.1. The molecule has 0 saturated heterocycles. The molecule has 0 aliphatic rings. The van der Waals surface area contributed by atoms with E-state index in [4.69, 9.17) is 0 Å². The molecule has 0 amide bonds. The Balaban J connectivity index is -0.0000000960. The predicted octanol–water partition coefficient (Wildman–Crippen LogP) is -8.78. The van der Waals surface area contributed by atoms with Crippen molar-refractivity contribution in [1.29, 1.82) is 0 Å². The molecule has 0 fully saturated rings. The van der Waals surface area contributed by atoms with Gasteiger partial charge in [0.05, 0.1) is 0 Å². The average molecular weight is 928 g/mol. The molecule has 0 spiro atoms. The van der Waals surface area contributed by atoms with E-state index >= 15 is 0 Å². The third kappa shape index (κ3) is 59.2. The molecule has 0 unspecified atom stereocenters.